The molecule has 0 aliphatic rings. The van der Waals surface area contributed by atoms with Crippen LogP contribution in [-0.4, -0.2) is 30.0 Å². The molecule has 0 fully saturated rings. The summed E-state index contributed by atoms with van der Waals surface area (Å²) in [5.74, 6) is 1.09. The van der Waals surface area contributed by atoms with E-state index in [0.717, 1.165) is 33.5 Å². The van der Waals surface area contributed by atoms with Gasteiger partial charge in [-0.2, -0.15) is 4.98 Å². The van der Waals surface area contributed by atoms with Gasteiger partial charge in [-0.3, -0.25) is 4.79 Å². The van der Waals surface area contributed by atoms with Crippen molar-refractivity contribution in [2.75, 3.05) is 30.0 Å². The first-order chi connectivity index (χ1) is 12.1. The van der Waals surface area contributed by atoms with Crippen LogP contribution >= 0.6 is 0 Å². The van der Waals surface area contributed by atoms with Crippen molar-refractivity contribution in [1.82, 2.24) is 9.97 Å². The molecular weight excluding hydrogens is 314 g/mol. The van der Waals surface area contributed by atoms with Gasteiger partial charge in [0.1, 0.15) is 5.82 Å². The van der Waals surface area contributed by atoms with Gasteiger partial charge in [0.15, 0.2) is 0 Å². The number of aromatic nitrogens is 2. The van der Waals surface area contributed by atoms with Crippen LogP contribution in [0.25, 0.3) is 22.0 Å². The molecule has 0 aliphatic carbocycles. The van der Waals surface area contributed by atoms with Crippen LogP contribution in [0.2, 0.25) is 0 Å². The Balaban J connectivity index is 2.06. The van der Waals surface area contributed by atoms with Gasteiger partial charge < -0.3 is 16.0 Å². The molecule has 0 bridgehead atoms. The second kappa shape index (κ2) is 7.00. The third kappa shape index (κ3) is 3.42. The largest absolute Gasteiger partial charge is 0.372 e. The Morgan fingerprint density at radius 1 is 1.04 bits per heavy atom. The lowest BCUT2D eigenvalue weighted by molar-refractivity contribution is -0.111. The van der Waals surface area contributed by atoms with Crippen molar-refractivity contribution in [3.63, 3.8) is 0 Å². The summed E-state index contributed by atoms with van der Waals surface area (Å²) in [6, 6.07) is 13.7. The Labute approximate surface area is 146 Å². The SMILES string of the molecule is C=CC(=O)Nc1cccc(-c2ccc3nc(NC)nc(NC)c3c2)c1. The van der Waals surface area contributed by atoms with E-state index in [1.54, 1.807) is 7.05 Å². The summed E-state index contributed by atoms with van der Waals surface area (Å²) in [5, 5.41) is 9.77. The monoisotopic (exact) mass is 333 g/mol. The van der Waals surface area contributed by atoms with E-state index in [4.69, 9.17) is 0 Å². The summed E-state index contributed by atoms with van der Waals surface area (Å²) < 4.78 is 0. The van der Waals surface area contributed by atoms with Crippen molar-refractivity contribution in [1.29, 1.82) is 0 Å². The summed E-state index contributed by atoms with van der Waals surface area (Å²) >= 11 is 0. The zero-order chi connectivity index (χ0) is 17.8. The van der Waals surface area contributed by atoms with Gasteiger partial charge in [-0.1, -0.05) is 24.8 Å². The second-order valence-electron chi connectivity index (χ2n) is 5.40. The van der Waals surface area contributed by atoms with Gasteiger partial charge in [-0.05, 0) is 41.5 Å². The predicted octanol–water partition coefficient (Wildman–Crippen LogP) is 3.50. The fourth-order valence-electron chi connectivity index (χ4n) is 2.58. The molecule has 0 saturated carbocycles. The van der Waals surface area contributed by atoms with Gasteiger partial charge in [-0.25, -0.2) is 4.98 Å². The Morgan fingerprint density at radius 3 is 2.56 bits per heavy atom. The average Bonchev–Trinajstić information content (AvgIpc) is 2.66. The molecule has 6 nitrogen and oxygen atoms in total. The predicted molar refractivity (Wildman–Crippen MR) is 103 cm³/mol. The molecular formula is C19H19N5O. The minimum atomic E-state index is -0.235. The fraction of sp³-hybridized carbons (Fsp3) is 0.105. The standard InChI is InChI=1S/C19H19N5O/c1-4-17(25)22-14-7-5-6-12(10-14)13-8-9-16-15(11-13)18(20-2)24-19(21-3)23-16/h4-11H,1H2,2-3H3,(H,22,25)(H2,20,21,23,24). The Hall–Kier alpha value is -3.41. The normalized spacial score (nSPS) is 10.3. The topological polar surface area (TPSA) is 78.9 Å². The van der Waals surface area contributed by atoms with Crippen LogP contribution in [0, 0.1) is 0 Å². The van der Waals surface area contributed by atoms with E-state index in [9.17, 15) is 4.79 Å². The maximum absolute atomic E-state index is 11.5. The van der Waals surface area contributed by atoms with E-state index in [2.05, 4.69) is 32.5 Å². The van der Waals surface area contributed by atoms with Gasteiger partial charge in [0, 0.05) is 25.2 Å². The zero-order valence-electron chi connectivity index (χ0n) is 14.1. The van der Waals surface area contributed by atoms with Crippen LogP contribution in [0.1, 0.15) is 0 Å². The van der Waals surface area contributed by atoms with Crippen LogP contribution in [0.4, 0.5) is 17.5 Å². The summed E-state index contributed by atoms with van der Waals surface area (Å²) in [5.41, 5.74) is 3.57. The number of nitrogens with zero attached hydrogens (tertiary/aromatic N) is 2. The highest BCUT2D eigenvalue weighted by molar-refractivity contribution is 5.99. The van der Waals surface area contributed by atoms with Gasteiger partial charge in [0.2, 0.25) is 11.9 Å². The number of rotatable bonds is 5. The lowest BCUT2D eigenvalue weighted by atomic mass is 10.0. The number of hydrogen-bond donors (Lipinski definition) is 3. The number of carbonyl (C=O) groups excluding carboxylic acids is 1. The molecule has 1 heterocycles. The number of anilines is 3. The first-order valence-corrected chi connectivity index (χ1v) is 7.85. The molecule has 6 heteroatoms. The Bertz CT molecular complexity index is 952. The third-order valence-electron chi connectivity index (χ3n) is 3.80. The van der Waals surface area contributed by atoms with Crippen LogP contribution in [0.15, 0.2) is 55.1 Å². The molecule has 0 unspecified atom stereocenters. The van der Waals surface area contributed by atoms with Crippen molar-refractivity contribution in [3.8, 4) is 11.1 Å². The van der Waals surface area contributed by atoms with Crippen molar-refractivity contribution < 1.29 is 4.79 Å². The maximum Gasteiger partial charge on any atom is 0.247 e. The molecule has 0 atom stereocenters. The molecule has 0 spiro atoms. The number of fused-ring (bicyclic) bond motifs is 1. The molecule has 1 aromatic heterocycles. The summed E-state index contributed by atoms with van der Waals surface area (Å²) in [7, 11) is 3.62. The van der Waals surface area contributed by atoms with E-state index < -0.39 is 0 Å². The van der Waals surface area contributed by atoms with Crippen molar-refractivity contribution >= 4 is 34.3 Å². The quantitative estimate of drug-likeness (QED) is 0.623. The van der Waals surface area contributed by atoms with Crippen LogP contribution < -0.4 is 16.0 Å². The molecule has 3 rings (SSSR count). The first-order valence-electron chi connectivity index (χ1n) is 7.85. The highest BCUT2D eigenvalue weighted by atomic mass is 16.1. The number of benzene rings is 2. The molecule has 25 heavy (non-hydrogen) atoms. The highest BCUT2D eigenvalue weighted by Gasteiger charge is 2.08. The lowest BCUT2D eigenvalue weighted by Gasteiger charge is -2.10. The smallest absolute Gasteiger partial charge is 0.247 e. The van der Waals surface area contributed by atoms with Gasteiger partial charge in [0.25, 0.3) is 0 Å². The number of hydrogen-bond acceptors (Lipinski definition) is 5. The molecule has 0 saturated heterocycles. The van der Waals surface area contributed by atoms with E-state index in [1.165, 1.54) is 6.08 Å². The molecule has 3 N–H and O–H groups in total. The highest BCUT2D eigenvalue weighted by Crippen LogP contribution is 2.29. The molecule has 126 valence electrons. The number of nitrogens with one attached hydrogen (secondary N) is 3. The molecule has 0 aliphatic heterocycles. The first kappa shape index (κ1) is 16.4. The van der Waals surface area contributed by atoms with Crippen molar-refractivity contribution in [3.05, 3.63) is 55.1 Å². The van der Waals surface area contributed by atoms with Gasteiger partial charge >= 0.3 is 0 Å². The molecule has 1 amide bonds. The summed E-state index contributed by atoms with van der Waals surface area (Å²) in [4.78, 5) is 20.4. The third-order valence-corrected chi connectivity index (χ3v) is 3.80. The number of carbonyl (C=O) groups is 1. The van der Waals surface area contributed by atoms with Gasteiger partial charge in [0.05, 0.1) is 5.52 Å². The van der Waals surface area contributed by atoms with Crippen molar-refractivity contribution in [2.24, 2.45) is 0 Å². The van der Waals surface area contributed by atoms with E-state index in [0.29, 0.717) is 5.95 Å². The average molecular weight is 333 g/mol. The van der Waals surface area contributed by atoms with Gasteiger partial charge in [-0.15, -0.1) is 0 Å². The minimum absolute atomic E-state index is 0.235. The number of amides is 1. The van der Waals surface area contributed by atoms with E-state index in [-0.39, 0.29) is 5.91 Å². The minimum Gasteiger partial charge on any atom is -0.372 e. The van der Waals surface area contributed by atoms with E-state index >= 15 is 0 Å². The zero-order valence-corrected chi connectivity index (χ0v) is 14.1. The molecule has 3 aromatic rings. The molecule has 0 radical (unpaired) electrons. The maximum atomic E-state index is 11.5. The van der Waals surface area contributed by atoms with Crippen LogP contribution in [0.3, 0.4) is 0 Å². The van der Waals surface area contributed by atoms with E-state index in [1.807, 2.05) is 49.5 Å². The fourth-order valence-corrected chi connectivity index (χ4v) is 2.58. The van der Waals surface area contributed by atoms with Crippen molar-refractivity contribution in [2.45, 2.75) is 0 Å². The second-order valence-corrected chi connectivity index (χ2v) is 5.40. The lowest BCUT2D eigenvalue weighted by Crippen LogP contribution is -2.07. The summed E-state index contributed by atoms with van der Waals surface area (Å²) in [6.45, 7) is 3.47. The van der Waals surface area contributed by atoms with Crippen LogP contribution in [0.5, 0.6) is 0 Å². The molecule has 2 aromatic carbocycles. The Kier molecular flexibility index (Phi) is 4.61. The summed E-state index contributed by atoms with van der Waals surface area (Å²) in [6.07, 6.45) is 1.25. The van der Waals surface area contributed by atoms with Crippen LogP contribution in [-0.2, 0) is 4.79 Å². The Morgan fingerprint density at radius 2 is 1.84 bits per heavy atom.